The quantitative estimate of drug-likeness (QED) is 0.296. The number of aliphatic imine (C=N–C) groups is 1. The van der Waals surface area contributed by atoms with E-state index in [4.69, 9.17) is 5.41 Å². The topological polar surface area (TPSA) is 66.8 Å². The number of nitrogens with one attached hydrogen (secondary N) is 3. The number of hydrazine groups is 1. The Balaban J connectivity index is 0.000000486. The van der Waals surface area contributed by atoms with Gasteiger partial charge in [-0.05, 0) is 20.5 Å². The van der Waals surface area contributed by atoms with Crippen LogP contribution in [0.1, 0.15) is 19.8 Å². The molecular formula is C15H32N6. The molecule has 1 fully saturated rings. The molecule has 0 spiro atoms. The van der Waals surface area contributed by atoms with E-state index in [1.54, 1.807) is 7.05 Å². The first-order valence-electron chi connectivity index (χ1n) is 7.60. The minimum atomic E-state index is 0.692. The molecule has 0 saturated carbocycles. The van der Waals surface area contributed by atoms with Gasteiger partial charge in [0, 0.05) is 51.6 Å². The molecule has 0 atom stereocenters. The van der Waals surface area contributed by atoms with Gasteiger partial charge in [0.15, 0.2) is 0 Å². The van der Waals surface area contributed by atoms with E-state index in [0.29, 0.717) is 5.57 Å². The molecule has 0 amide bonds. The normalized spacial score (nSPS) is 16.2. The van der Waals surface area contributed by atoms with Gasteiger partial charge in [0.25, 0.3) is 0 Å². The summed E-state index contributed by atoms with van der Waals surface area (Å²) in [5.74, 6) is 0.855. The van der Waals surface area contributed by atoms with E-state index in [9.17, 15) is 0 Å². The molecule has 1 heterocycles. The zero-order valence-electron chi connectivity index (χ0n) is 14.1. The Hall–Kier alpha value is -1.24. The number of rotatable bonds is 6. The van der Waals surface area contributed by atoms with Gasteiger partial charge in [0.1, 0.15) is 5.84 Å². The highest BCUT2D eigenvalue weighted by Gasteiger charge is 2.17. The van der Waals surface area contributed by atoms with Crippen LogP contribution in [-0.2, 0) is 0 Å². The van der Waals surface area contributed by atoms with Gasteiger partial charge in [-0.3, -0.25) is 15.8 Å². The molecule has 21 heavy (non-hydrogen) atoms. The summed E-state index contributed by atoms with van der Waals surface area (Å²) in [4.78, 5) is 8.66. The maximum absolute atomic E-state index is 7.16. The van der Waals surface area contributed by atoms with Gasteiger partial charge >= 0.3 is 0 Å². The molecule has 3 N–H and O–H groups in total. The fourth-order valence-electron chi connectivity index (χ4n) is 1.96. The first-order valence-corrected chi connectivity index (χ1v) is 7.60. The van der Waals surface area contributed by atoms with Gasteiger partial charge in [0.05, 0.1) is 0 Å². The van der Waals surface area contributed by atoms with Crippen LogP contribution in [0.25, 0.3) is 0 Å². The van der Waals surface area contributed by atoms with Crippen molar-refractivity contribution in [3.05, 3.63) is 12.2 Å². The molecule has 0 radical (unpaired) electrons. The maximum Gasteiger partial charge on any atom is 0.131 e. The number of amidine groups is 1. The summed E-state index contributed by atoms with van der Waals surface area (Å²) in [7, 11) is 5.75. The highest BCUT2D eigenvalue weighted by atomic mass is 15.3. The van der Waals surface area contributed by atoms with Gasteiger partial charge < -0.3 is 15.2 Å². The number of unbranched alkanes of at least 4 members (excludes halogenated alkanes) is 1. The van der Waals surface area contributed by atoms with Crippen LogP contribution in [0.3, 0.4) is 0 Å². The van der Waals surface area contributed by atoms with Crippen LogP contribution in [0.4, 0.5) is 0 Å². The SMILES string of the molecule is C=C(C=N)C(=NC)N1CCN(C)CC1.CCCCNNC. The molecule has 1 saturated heterocycles. The number of piperazine rings is 1. The van der Waals surface area contributed by atoms with Crippen molar-refractivity contribution >= 4 is 12.1 Å². The van der Waals surface area contributed by atoms with Crippen molar-refractivity contribution in [3.63, 3.8) is 0 Å². The molecule has 122 valence electrons. The van der Waals surface area contributed by atoms with Crippen molar-refractivity contribution in [2.75, 3.05) is 53.9 Å². The maximum atomic E-state index is 7.16. The Kier molecular flexibility index (Phi) is 11.8. The average Bonchev–Trinajstić information content (AvgIpc) is 2.51. The lowest BCUT2D eigenvalue weighted by atomic mass is 10.2. The minimum absolute atomic E-state index is 0.692. The average molecular weight is 296 g/mol. The molecule has 0 unspecified atom stereocenters. The molecular weight excluding hydrogens is 264 g/mol. The van der Waals surface area contributed by atoms with Crippen LogP contribution in [0.2, 0.25) is 0 Å². The van der Waals surface area contributed by atoms with Crippen LogP contribution in [0.5, 0.6) is 0 Å². The molecule has 0 aromatic heterocycles. The van der Waals surface area contributed by atoms with Crippen molar-refractivity contribution in [2.24, 2.45) is 4.99 Å². The molecule has 0 bridgehead atoms. The molecule has 0 aromatic carbocycles. The summed E-state index contributed by atoms with van der Waals surface area (Å²) >= 11 is 0. The summed E-state index contributed by atoms with van der Waals surface area (Å²) < 4.78 is 0. The fraction of sp³-hybridized carbons (Fsp3) is 0.733. The molecule has 0 aromatic rings. The third kappa shape index (κ3) is 8.60. The van der Waals surface area contributed by atoms with E-state index in [-0.39, 0.29) is 0 Å². The first-order chi connectivity index (χ1) is 10.1. The predicted octanol–water partition coefficient (Wildman–Crippen LogP) is 0.978. The van der Waals surface area contributed by atoms with Gasteiger partial charge in [-0.1, -0.05) is 19.9 Å². The first kappa shape index (κ1) is 19.8. The highest BCUT2D eigenvalue weighted by Crippen LogP contribution is 2.05. The zero-order chi connectivity index (χ0) is 16.1. The van der Waals surface area contributed by atoms with Crippen LogP contribution < -0.4 is 10.9 Å². The summed E-state index contributed by atoms with van der Waals surface area (Å²) in [6.45, 7) is 11.1. The van der Waals surface area contributed by atoms with Crippen molar-refractivity contribution in [1.82, 2.24) is 20.7 Å². The lowest BCUT2D eigenvalue weighted by Crippen LogP contribution is -2.47. The molecule has 1 aliphatic rings. The van der Waals surface area contributed by atoms with Crippen molar-refractivity contribution in [2.45, 2.75) is 19.8 Å². The summed E-state index contributed by atoms with van der Waals surface area (Å²) in [6.07, 6.45) is 3.77. The Morgan fingerprint density at radius 2 is 1.95 bits per heavy atom. The monoisotopic (exact) mass is 296 g/mol. The van der Waals surface area contributed by atoms with Crippen LogP contribution >= 0.6 is 0 Å². The lowest BCUT2D eigenvalue weighted by molar-refractivity contribution is 0.216. The Bertz CT molecular complexity index is 314. The second kappa shape index (κ2) is 12.5. The largest absolute Gasteiger partial charge is 0.354 e. The second-order valence-corrected chi connectivity index (χ2v) is 5.04. The molecule has 6 heteroatoms. The Morgan fingerprint density at radius 3 is 2.38 bits per heavy atom. The Morgan fingerprint density at radius 1 is 1.33 bits per heavy atom. The van der Waals surface area contributed by atoms with Crippen molar-refractivity contribution in [1.29, 1.82) is 5.41 Å². The summed E-state index contributed by atoms with van der Waals surface area (Å²) in [5.41, 5.74) is 6.54. The molecule has 6 nitrogen and oxygen atoms in total. The molecule has 0 aliphatic carbocycles. The van der Waals surface area contributed by atoms with Gasteiger partial charge in [0.2, 0.25) is 0 Å². The Labute approximate surface area is 129 Å². The van der Waals surface area contributed by atoms with E-state index in [0.717, 1.165) is 38.6 Å². The third-order valence-electron chi connectivity index (χ3n) is 3.31. The van der Waals surface area contributed by atoms with Crippen molar-refractivity contribution in [3.8, 4) is 0 Å². The molecule has 1 rings (SSSR count). The van der Waals surface area contributed by atoms with E-state index in [1.165, 1.54) is 19.1 Å². The number of hydrogen-bond donors (Lipinski definition) is 3. The summed E-state index contributed by atoms with van der Waals surface area (Å²) in [6, 6.07) is 0. The van der Waals surface area contributed by atoms with Crippen molar-refractivity contribution < 1.29 is 0 Å². The van der Waals surface area contributed by atoms with Crippen LogP contribution in [-0.4, -0.2) is 75.7 Å². The van der Waals surface area contributed by atoms with Crippen LogP contribution in [0, 0.1) is 5.41 Å². The number of nitrogens with zero attached hydrogens (tertiary/aromatic N) is 3. The highest BCUT2D eigenvalue weighted by molar-refractivity contribution is 6.13. The molecule has 1 aliphatic heterocycles. The van der Waals surface area contributed by atoms with E-state index in [1.807, 2.05) is 7.05 Å². The predicted molar refractivity (Wildman–Crippen MR) is 92.3 cm³/mol. The smallest absolute Gasteiger partial charge is 0.131 e. The standard InChI is InChI=1S/C10H18N4.C5H14N2/c1-9(8-11)10(12-2)14-6-4-13(3)5-7-14;1-3-4-5-7-6-2/h8,11H,1,4-7H2,2-3H3;6-7H,3-5H2,1-2H3. The van der Waals surface area contributed by atoms with E-state index >= 15 is 0 Å². The second-order valence-electron chi connectivity index (χ2n) is 5.04. The lowest BCUT2D eigenvalue weighted by Gasteiger charge is -2.34. The zero-order valence-corrected chi connectivity index (χ0v) is 14.1. The van der Waals surface area contributed by atoms with Crippen LogP contribution in [0.15, 0.2) is 17.1 Å². The third-order valence-corrected chi connectivity index (χ3v) is 3.31. The van der Waals surface area contributed by atoms with E-state index in [2.05, 4.69) is 46.2 Å². The van der Waals surface area contributed by atoms with Gasteiger partial charge in [-0.25, -0.2) is 0 Å². The number of likely N-dealkylation sites (N-methyl/N-ethyl adjacent to an activating group) is 1. The minimum Gasteiger partial charge on any atom is -0.354 e. The fourth-order valence-corrected chi connectivity index (χ4v) is 1.96. The van der Waals surface area contributed by atoms with E-state index < -0.39 is 0 Å². The summed E-state index contributed by atoms with van der Waals surface area (Å²) in [5, 5.41) is 7.16. The van der Waals surface area contributed by atoms with Gasteiger partial charge in [-0.2, -0.15) is 0 Å². The number of hydrogen-bond acceptors (Lipinski definition) is 5. The van der Waals surface area contributed by atoms with Gasteiger partial charge in [-0.15, -0.1) is 0 Å².